The third-order valence-corrected chi connectivity index (χ3v) is 5.09. The molecule has 1 saturated heterocycles. The highest BCUT2D eigenvalue weighted by atomic mass is 16.5. The van der Waals surface area contributed by atoms with E-state index < -0.39 is 5.91 Å². The highest BCUT2D eigenvalue weighted by molar-refractivity contribution is 5.92. The van der Waals surface area contributed by atoms with Crippen LogP contribution in [0.3, 0.4) is 0 Å². The van der Waals surface area contributed by atoms with Crippen LogP contribution in [0.5, 0.6) is 0 Å². The van der Waals surface area contributed by atoms with Crippen LogP contribution in [-0.4, -0.2) is 46.8 Å². The Morgan fingerprint density at radius 2 is 1.97 bits per heavy atom. The molecule has 2 aromatic heterocycles. The largest absolute Gasteiger partial charge is 0.378 e. The summed E-state index contributed by atoms with van der Waals surface area (Å²) in [7, 11) is 0. The van der Waals surface area contributed by atoms with Crippen LogP contribution in [0.1, 0.15) is 22.1 Å². The number of hydrogen-bond donors (Lipinski definition) is 2. The van der Waals surface area contributed by atoms with Gasteiger partial charge >= 0.3 is 0 Å². The maximum atomic E-state index is 11.7. The summed E-state index contributed by atoms with van der Waals surface area (Å²) in [5, 5.41) is 6.25. The average Bonchev–Trinajstić information content (AvgIpc) is 3.42. The molecular weight excluding hydrogens is 370 g/mol. The monoisotopic (exact) mass is 391 g/mol. The number of nitrogens with zero attached hydrogens (tertiary/aromatic N) is 5. The van der Waals surface area contributed by atoms with Crippen molar-refractivity contribution in [3.8, 4) is 0 Å². The van der Waals surface area contributed by atoms with E-state index in [1.807, 2.05) is 35.5 Å². The van der Waals surface area contributed by atoms with Gasteiger partial charge in [-0.1, -0.05) is 30.3 Å². The highest BCUT2D eigenvalue weighted by Crippen LogP contribution is 2.27. The smallest absolute Gasteiger partial charge is 0.269 e. The normalized spacial score (nSPS) is 19.2. The van der Waals surface area contributed by atoms with Gasteiger partial charge in [-0.25, -0.2) is 10.4 Å². The van der Waals surface area contributed by atoms with E-state index in [1.54, 1.807) is 10.6 Å². The molecule has 2 aliphatic rings. The van der Waals surface area contributed by atoms with Gasteiger partial charge in [0.1, 0.15) is 5.82 Å². The predicted molar refractivity (Wildman–Crippen MR) is 108 cm³/mol. The molecule has 9 heteroatoms. The van der Waals surface area contributed by atoms with E-state index in [0.717, 1.165) is 18.9 Å². The number of aromatic nitrogens is 3. The summed E-state index contributed by atoms with van der Waals surface area (Å²) in [5.41, 5.74) is 10.8. The third kappa shape index (κ3) is 3.30. The maximum absolute atomic E-state index is 11.7. The lowest BCUT2D eigenvalue weighted by molar-refractivity contribution is 0.0995. The van der Waals surface area contributed by atoms with Crippen molar-refractivity contribution in [1.82, 2.24) is 20.0 Å². The molecule has 1 fully saturated rings. The van der Waals surface area contributed by atoms with E-state index in [-0.39, 0.29) is 11.7 Å². The van der Waals surface area contributed by atoms with Crippen LogP contribution in [0.2, 0.25) is 0 Å². The van der Waals surface area contributed by atoms with Crippen LogP contribution >= 0.6 is 0 Å². The number of primary amides is 1. The minimum absolute atomic E-state index is 0.0622. The summed E-state index contributed by atoms with van der Waals surface area (Å²) in [6.45, 7) is 2.75. The highest BCUT2D eigenvalue weighted by Gasteiger charge is 2.23. The standard InChI is InChI=1S/C20H21N7O2/c21-20(28)16-12-18-22-17(13-19(27(18)24-16)25-8-10-29-11-9-25)26-7-6-15(23-26)14-4-2-1-3-5-14/h1-7,12-13,15,23H,8-11H2,(H2,21,28). The number of hydrazine groups is 1. The Morgan fingerprint density at radius 1 is 1.17 bits per heavy atom. The zero-order valence-electron chi connectivity index (χ0n) is 15.7. The fraction of sp³-hybridized carbons (Fsp3) is 0.250. The van der Waals surface area contributed by atoms with E-state index >= 15 is 0 Å². The molecular formula is C20H21N7O2. The number of hydrogen-bond acceptors (Lipinski definition) is 7. The van der Waals surface area contributed by atoms with E-state index in [2.05, 4.69) is 33.6 Å². The molecule has 148 valence electrons. The first kappa shape index (κ1) is 17.7. The van der Waals surface area contributed by atoms with Crippen molar-refractivity contribution in [2.75, 3.05) is 36.2 Å². The molecule has 2 aliphatic heterocycles. The first-order chi connectivity index (χ1) is 14.2. The number of rotatable bonds is 4. The number of benzene rings is 1. The first-order valence-corrected chi connectivity index (χ1v) is 9.51. The van der Waals surface area contributed by atoms with Crippen molar-refractivity contribution in [1.29, 1.82) is 0 Å². The molecule has 1 amide bonds. The molecule has 1 atom stereocenters. The van der Waals surface area contributed by atoms with Gasteiger partial charge in [-0.05, 0) is 11.6 Å². The van der Waals surface area contributed by atoms with Crippen LogP contribution in [0.15, 0.2) is 54.7 Å². The van der Waals surface area contributed by atoms with Gasteiger partial charge in [0.25, 0.3) is 5.91 Å². The van der Waals surface area contributed by atoms with Crippen molar-refractivity contribution < 1.29 is 9.53 Å². The van der Waals surface area contributed by atoms with Crippen LogP contribution in [0.4, 0.5) is 11.6 Å². The number of anilines is 2. The second-order valence-electron chi connectivity index (χ2n) is 6.96. The number of nitrogens with one attached hydrogen (secondary N) is 1. The van der Waals surface area contributed by atoms with Crippen LogP contribution in [-0.2, 0) is 4.74 Å². The van der Waals surface area contributed by atoms with E-state index in [1.165, 1.54) is 5.56 Å². The van der Waals surface area contributed by atoms with Crippen molar-refractivity contribution in [2.45, 2.75) is 6.04 Å². The van der Waals surface area contributed by atoms with Gasteiger partial charge in [-0.15, -0.1) is 0 Å². The van der Waals surface area contributed by atoms with Crippen LogP contribution < -0.4 is 21.1 Å². The van der Waals surface area contributed by atoms with Gasteiger partial charge in [-0.2, -0.15) is 9.61 Å². The van der Waals surface area contributed by atoms with E-state index in [9.17, 15) is 4.79 Å². The van der Waals surface area contributed by atoms with E-state index in [4.69, 9.17) is 15.5 Å². The summed E-state index contributed by atoms with van der Waals surface area (Å²) in [4.78, 5) is 18.5. The molecule has 1 aromatic carbocycles. The SMILES string of the molecule is NC(=O)c1cc2nc(N3C=CC(c4ccccc4)N3)cc(N3CCOCC3)n2n1. The molecule has 3 N–H and O–H groups in total. The lowest BCUT2D eigenvalue weighted by atomic mass is 10.1. The maximum Gasteiger partial charge on any atom is 0.269 e. The number of carbonyl (C=O) groups is 1. The lowest BCUT2D eigenvalue weighted by Gasteiger charge is -2.29. The molecule has 0 bridgehead atoms. The number of amides is 1. The quantitative estimate of drug-likeness (QED) is 0.690. The third-order valence-electron chi connectivity index (χ3n) is 5.09. The van der Waals surface area contributed by atoms with Gasteiger partial charge in [0, 0.05) is 31.4 Å². The summed E-state index contributed by atoms with van der Waals surface area (Å²) >= 11 is 0. The molecule has 5 rings (SSSR count). The van der Waals surface area contributed by atoms with Crippen LogP contribution in [0, 0.1) is 0 Å². The Labute approximate surface area is 167 Å². The molecule has 4 heterocycles. The molecule has 0 saturated carbocycles. The summed E-state index contributed by atoms with van der Waals surface area (Å²) in [6.07, 6.45) is 4.05. The Kier molecular flexibility index (Phi) is 4.38. The predicted octanol–water partition coefficient (Wildman–Crippen LogP) is 1.24. The Hall–Kier alpha value is -3.43. The zero-order valence-corrected chi connectivity index (χ0v) is 15.7. The van der Waals surface area contributed by atoms with Gasteiger partial charge in [0.05, 0.1) is 19.3 Å². The average molecular weight is 391 g/mol. The summed E-state index contributed by atoms with van der Waals surface area (Å²) in [5.74, 6) is 0.983. The summed E-state index contributed by atoms with van der Waals surface area (Å²) < 4.78 is 7.14. The fourth-order valence-corrected chi connectivity index (χ4v) is 3.60. The minimum atomic E-state index is -0.576. The fourth-order valence-electron chi connectivity index (χ4n) is 3.60. The molecule has 0 aliphatic carbocycles. The van der Waals surface area contributed by atoms with Gasteiger partial charge < -0.3 is 15.4 Å². The Morgan fingerprint density at radius 3 is 2.72 bits per heavy atom. The van der Waals surface area contributed by atoms with Crippen molar-refractivity contribution >= 4 is 23.2 Å². The molecule has 0 radical (unpaired) electrons. The van der Waals surface area contributed by atoms with Crippen molar-refractivity contribution in [3.05, 3.63) is 66.0 Å². The lowest BCUT2D eigenvalue weighted by Crippen LogP contribution is -2.38. The van der Waals surface area contributed by atoms with Crippen LogP contribution in [0.25, 0.3) is 5.65 Å². The Balaban J connectivity index is 1.52. The van der Waals surface area contributed by atoms with Gasteiger partial charge in [0.2, 0.25) is 0 Å². The van der Waals surface area contributed by atoms with Crippen molar-refractivity contribution in [3.63, 3.8) is 0 Å². The Bertz CT molecular complexity index is 1070. The molecule has 0 spiro atoms. The molecule has 1 unspecified atom stereocenters. The topological polar surface area (TPSA) is 101 Å². The second-order valence-corrected chi connectivity index (χ2v) is 6.96. The molecule has 9 nitrogen and oxygen atoms in total. The number of fused-ring (bicyclic) bond motifs is 1. The zero-order chi connectivity index (χ0) is 19.8. The minimum Gasteiger partial charge on any atom is -0.378 e. The van der Waals surface area contributed by atoms with Gasteiger partial charge in [0.15, 0.2) is 17.2 Å². The molecule has 29 heavy (non-hydrogen) atoms. The number of morpholine rings is 1. The van der Waals surface area contributed by atoms with Crippen molar-refractivity contribution in [2.24, 2.45) is 5.73 Å². The molecule has 3 aromatic rings. The van der Waals surface area contributed by atoms with Gasteiger partial charge in [-0.3, -0.25) is 9.80 Å². The van der Waals surface area contributed by atoms with E-state index in [0.29, 0.717) is 24.7 Å². The second kappa shape index (κ2) is 7.19. The summed E-state index contributed by atoms with van der Waals surface area (Å²) in [6, 6.07) is 13.8. The number of carbonyl (C=O) groups excluding carboxylic acids is 1. The number of ether oxygens (including phenoxy) is 1. The first-order valence-electron chi connectivity index (χ1n) is 9.51. The number of nitrogens with two attached hydrogens (primary N) is 1.